The molecule has 1 aliphatic rings. The van der Waals surface area contributed by atoms with E-state index >= 15 is 0 Å². The molecule has 4 nitrogen and oxygen atoms in total. The highest BCUT2D eigenvalue weighted by molar-refractivity contribution is 5.38. The monoisotopic (exact) mass is 279 g/mol. The van der Waals surface area contributed by atoms with Gasteiger partial charge in [-0.1, -0.05) is 6.07 Å². The van der Waals surface area contributed by atoms with E-state index in [9.17, 15) is 5.11 Å². The fraction of sp³-hybridized carbons (Fsp3) is 0.625. The summed E-state index contributed by atoms with van der Waals surface area (Å²) in [4.78, 5) is 0. The molecule has 2 rings (SSSR count). The van der Waals surface area contributed by atoms with E-state index in [2.05, 4.69) is 11.4 Å². The summed E-state index contributed by atoms with van der Waals surface area (Å²) >= 11 is 0. The summed E-state index contributed by atoms with van der Waals surface area (Å²) in [7, 11) is 1.68. The Morgan fingerprint density at radius 2 is 2.20 bits per heavy atom. The summed E-state index contributed by atoms with van der Waals surface area (Å²) in [5.41, 5.74) is 2.62. The summed E-state index contributed by atoms with van der Waals surface area (Å²) in [5.74, 6) is 0.371. The van der Waals surface area contributed by atoms with Crippen LogP contribution in [0.25, 0.3) is 0 Å². The molecule has 0 fully saturated rings. The number of fused-ring (bicyclic) bond motifs is 1. The summed E-state index contributed by atoms with van der Waals surface area (Å²) in [6, 6.07) is 6.15. The third-order valence-corrected chi connectivity index (χ3v) is 3.73. The van der Waals surface area contributed by atoms with E-state index < -0.39 is 0 Å². The van der Waals surface area contributed by atoms with Crippen LogP contribution in [0, 0.1) is 0 Å². The van der Waals surface area contributed by atoms with Crippen molar-refractivity contribution >= 4 is 0 Å². The molecule has 1 atom stereocenters. The minimum absolute atomic E-state index is 0.371. The van der Waals surface area contributed by atoms with Gasteiger partial charge in [0.25, 0.3) is 0 Å². The van der Waals surface area contributed by atoms with Crippen LogP contribution in [0.2, 0.25) is 0 Å². The number of nitrogens with one attached hydrogen (secondary N) is 1. The topological polar surface area (TPSA) is 50.7 Å². The lowest BCUT2D eigenvalue weighted by Gasteiger charge is -2.26. The van der Waals surface area contributed by atoms with Crippen molar-refractivity contribution in [3.05, 3.63) is 29.3 Å². The van der Waals surface area contributed by atoms with E-state index in [0.717, 1.165) is 26.0 Å². The van der Waals surface area contributed by atoms with Crippen LogP contribution in [-0.4, -0.2) is 38.6 Å². The largest absolute Gasteiger partial charge is 0.508 e. The molecule has 0 saturated heterocycles. The molecule has 112 valence electrons. The highest BCUT2D eigenvalue weighted by Crippen LogP contribution is 2.31. The highest BCUT2D eigenvalue weighted by atomic mass is 16.5. The molecule has 1 aliphatic carbocycles. The summed E-state index contributed by atoms with van der Waals surface area (Å²) < 4.78 is 10.4. The molecular formula is C16H25NO3. The minimum Gasteiger partial charge on any atom is -0.508 e. The van der Waals surface area contributed by atoms with Gasteiger partial charge in [-0.15, -0.1) is 0 Å². The van der Waals surface area contributed by atoms with E-state index in [-0.39, 0.29) is 0 Å². The average Bonchev–Trinajstić information content (AvgIpc) is 2.46. The van der Waals surface area contributed by atoms with Gasteiger partial charge in [-0.05, 0) is 55.5 Å². The first-order valence-corrected chi connectivity index (χ1v) is 7.43. The number of aryl methyl sites for hydroxylation is 1. The zero-order valence-electron chi connectivity index (χ0n) is 12.2. The van der Waals surface area contributed by atoms with Crippen molar-refractivity contribution in [2.24, 2.45) is 0 Å². The molecule has 4 heteroatoms. The van der Waals surface area contributed by atoms with Gasteiger partial charge in [0.1, 0.15) is 5.75 Å². The van der Waals surface area contributed by atoms with Gasteiger partial charge < -0.3 is 19.9 Å². The van der Waals surface area contributed by atoms with Gasteiger partial charge in [0.2, 0.25) is 0 Å². The number of phenols is 1. The average molecular weight is 279 g/mol. The van der Waals surface area contributed by atoms with Crippen LogP contribution in [0.15, 0.2) is 18.2 Å². The van der Waals surface area contributed by atoms with Gasteiger partial charge in [-0.3, -0.25) is 0 Å². The van der Waals surface area contributed by atoms with Crippen LogP contribution >= 0.6 is 0 Å². The molecule has 0 saturated carbocycles. The number of hydrogen-bond donors (Lipinski definition) is 2. The zero-order chi connectivity index (χ0) is 14.2. The number of aromatic hydroxyl groups is 1. The quantitative estimate of drug-likeness (QED) is 0.718. The number of methoxy groups -OCH3 is 1. The van der Waals surface area contributed by atoms with Crippen LogP contribution < -0.4 is 5.32 Å². The normalized spacial score (nSPS) is 17.9. The van der Waals surface area contributed by atoms with Crippen LogP contribution in [0.5, 0.6) is 5.75 Å². The van der Waals surface area contributed by atoms with Crippen molar-refractivity contribution in [1.29, 1.82) is 0 Å². The molecule has 20 heavy (non-hydrogen) atoms. The maximum Gasteiger partial charge on any atom is 0.115 e. The van der Waals surface area contributed by atoms with Crippen molar-refractivity contribution in [3.63, 3.8) is 0 Å². The summed E-state index contributed by atoms with van der Waals surface area (Å²) in [5, 5.41) is 13.1. The van der Waals surface area contributed by atoms with Crippen molar-refractivity contribution in [3.8, 4) is 5.75 Å². The lowest BCUT2D eigenvalue weighted by Crippen LogP contribution is -2.26. The molecule has 0 aromatic heterocycles. The Bertz CT molecular complexity index is 409. The predicted octanol–water partition coefficient (Wildman–Crippen LogP) is 2.41. The van der Waals surface area contributed by atoms with Gasteiger partial charge in [0.15, 0.2) is 0 Å². The summed E-state index contributed by atoms with van der Waals surface area (Å²) in [6.45, 7) is 3.05. The Kier molecular flexibility index (Phi) is 6.30. The third kappa shape index (κ3) is 4.47. The molecule has 0 heterocycles. The van der Waals surface area contributed by atoms with E-state index in [1.54, 1.807) is 13.2 Å². The fourth-order valence-electron chi connectivity index (χ4n) is 2.71. The molecular weight excluding hydrogens is 254 g/mol. The smallest absolute Gasteiger partial charge is 0.115 e. The standard InChI is InChI=1S/C16H25NO3/c1-19-10-11-20-9-3-8-17-16-5-2-4-13-12-14(18)6-7-15(13)16/h6-7,12,16-18H,2-5,8-11H2,1H3. The molecule has 0 bridgehead atoms. The molecule has 0 radical (unpaired) electrons. The van der Waals surface area contributed by atoms with E-state index in [0.29, 0.717) is 25.0 Å². The van der Waals surface area contributed by atoms with Gasteiger partial charge >= 0.3 is 0 Å². The van der Waals surface area contributed by atoms with Crippen molar-refractivity contribution in [2.75, 3.05) is 33.5 Å². The van der Waals surface area contributed by atoms with Crippen molar-refractivity contribution in [2.45, 2.75) is 31.7 Å². The molecule has 2 N–H and O–H groups in total. The first kappa shape index (κ1) is 15.3. The van der Waals surface area contributed by atoms with E-state index in [1.807, 2.05) is 6.07 Å². The molecule has 1 aromatic carbocycles. The Hall–Kier alpha value is -1.10. The molecule has 0 amide bonds. The fourth-order valence-corrected chi connectivity index (χ4v) is 2.71. The van der Waals surface area contributed by atoms with Gasteiger partial charge in [0, 0.05) is 19.8 Å². The van der Waals surface area contributed by atoms with E-state index in [4.69, 9.17) is 9.47 Å². The van der Waals surface area contributed by atoms with Gasteiger partial charge in [-0.25, -0.2) is 0 Å². The molecule has 0 spiro atoms. The van der Waals surface area contributed by atoms with E-state index in [1.165, 1.54) is 24.0 Å². The Morgan fingerprint density at radius 1 is 1.30 bits per heavy atom. The maximum atomic E-state index is 9.54. The van der Waals surface area contributed by atoms with Gasteiger partial charge in [0.05, 0.1) is 13.2 Å². The molecule has 1 aromatic rings. The lowest BCUT2D eigenvalue weighted by atomic mass is 9.87. The lowest BCUT2D eigenvalue weighted by molar-refractivity contribution is 0.0692. The third-order valence-electron chi connectivity index (χ3n) is 3.73. The van der Waals surface area contributed by atoms with Crippen molar-refractivity contribution < 1.29 is 14.6 Å². The predicted molar refractivity (Wildman–Crippen MR) is 79.1 cm³/mol. The first-order chi connectivity index (χ1) is 9.81. The highest BCUT2D eigenvalue weighted by Gasteiger charge is 2.19. The second-order valence-electron chi connectivity index (χ2n) is 5.24. The number of ether oxygens (including phenoxy) is 2. The van der Waals surface area contributed by atoms with Crippen LogP contribution in [0.3, 0.4) is 0 Å². The molecule has 0 aliphatic heterocycles. The molecule has 1 unspecified atom stereocenters. The minimum atomic E-state index is 0.371. The Labute approximate surface area is 121 Å². The van der Waals surface area contributed by atoms with Crippen LogP contribution in [0.4, 0.5) is 0 Å². The first-order valence-electron chi connectivity index (χ1n) is 7.43. The zero-order valence-corrected chi connectivity index (χ0v) is 12.2. The van der Waals surface area contributed by atoms with Crippen molar-refractivity contribution in [1.82, 2.24) is 5.32 Å². The van der Waals surface area contributed by atoms with Crippen LogP contribution in [-0.2, 0) is 15.9 Å². The second kappa shape index (κ2) is 8.25. The number of hydrogen-bond acceptors (Lipinski definition) is 4. The SMILES string of the molecule is COCCOCCCNC1CCCc2cc(O)ccc21. The number of phenolic OH excluding ortho intramolecular Hbond substituents is 1. The maximum absolute atomic E-state index is 9.54. The number of rotatable bonds is 8. The second-order valence-corrected chi connectivity index (χ2v) is 5.24. The Balaban J connectivity index is 1.72. The Morgan fingerprint density at radius 3 is 3.05 bits per heavy atom. The van der Waals surface area contributed by atoms with Gasteiger partial charge in [-0.2, -0.15) is 0 Å². The summed E-state index contributed by atoms with van der Waals surface area (Å²) in [6.07, 6.45) is 4.43. The van der Waals surface area contributed by atoms with Crippen LogP contribution in [0.1, 0.15) is 36.4 Å². The number of benzene rings is 1.